The van der Waals surface area contributed by atoms with Gasteiger partial charge in [0.1, 0.15) is 5.82 Å². The molecule has 0 heterocycles. The van der Waals surface area contributed by atoms with E-state index in [0.717, 1.165) is 5.56 Å². The molecule has 26 heavy (non-hydrogen) atoms. The van der Waals surface area contributed by atoms with Crippen molar-refractivity contribution in [3.63, 3.8) is 0 Å². The average molecular weight is 357 g/mol. The van der Waals surface area contributed by atoms with E-state index in [-0.39, 0.29) is 13.0 Å². The van der Waals surface area contributed by atoms with Crippen molar-refractivity contribution in [2.24, 2.45) is 5.92 Å². The van der Waals surface area contributed by atoms with Crippen LogP contribution in [-0.2, 0) is 9.53 Å². The summed E-state index contributed by atoms with van der Waals surface area (Å²) in [6.07, 6.45) is 3.50. The molecule has 2 aromatic carbocycles. The van der Waals surface area contributed by atoms with Gasteiger partial charge in [-0.25, -0.2) is 4.39 Å². The first kappa shape index (κ1) is 19.3. The highest BCUT2D eigenvalue weighted by atomic mass is 19.1. The molecule has 0 aliphatic rings. The molecule has 0 bridgehead atoms. The van der Waals surface area contributed by atoms with Crippen LogP contribution < -0.4 is 0 Å². The van der Waals surface area contributed by atoms with E-state index >= 15 is 0 Å². The van der Waals surface area contributed by atoms with Gasteiger partial charge in [0.15, 0.2) is 0 Å². The predicted molar refractivity (Wildman–Crippen MR) is 96.6 cm³/mol. The summed E-state index contributed by atoms with van der Waals surface area (Å²) in [5, 5.41) is 11.2. The molecule has 0 N–H and O–H groups in total. The number of benzene rings is 2. The Labute approximate surface area is 151 Å². The van der Waals surface area contributed by atoms with Crippen molar-refractivity contribution >= 4 is 12.0 Å². The number of carbonyl (C=O) groups excluding carboxylic acids is 1. The largest absolute Gasteiger partial charge is 0.469 e. The van der Waals surface area contributed by atoms with Gasteiger partial charge in [0, 0.05) is 16.8 Å². The Bertz CT molecular complexity index is 759. The van der Waals surface area contributed by atoms with E-state index in [1.54, 1.807) is 24.3 Å². The molecule has 2 rings (SSSR count). The summed E-state index contributed by atoms with van der Waals surface area (Å²) in [7, 11) is 1.27. The van der Waals surface area contributed by atoms with Gasteiger partial charge in [-0.2, -0.15) is 0 Å². The van der Waals surface area contributed by atoms with Crippen LogP contribution in [0.15, 0.2) is 60.7 Å². The molecule has 0 aliphatic heterocycles. The average Bonchev–Trinajstić information content (AvgIpc) is 2.64. The molecule has 0 aromatic heterocycles. The lowest BCUT2D eigenvalue weighted by molar-refractivity contribution is -0.486. The van der Waals surface area contributed by atoms with E-state index in [9.17, 15) is 19.3 Å². The predicted octanol–water partition coefficient (Wildman–Crippen LogP) is 4.08. The highest BCUT2D eigenvalue weighted by Gasteiger charge is 2.28. The molecule has 6 heteroatoms. The number of hydrogen-bond acceptors (Lipinski definition) is 4. The van der Waals surface area contributed by atoms with E-state index in [1.807, 2.05) is 30.3 Å². The fourth-order valence-corrected chi connectivity index (χ4v) is 2.78. The Morgan fingerprint density at radius 2 is 1.85 bits per heavy atom. The number of halogens is 1. The molecule has 2 aromatic rings. The Hall–Kier alpha value is -3.02. The minimum absolute atomic E-state index is 0.0280. The molecule has 0 saturated carbocycles. The fraction of sp³-hybridized carbons (Fsp3) is 0.250. The highest BCUT2D eigenvalue weighted by Crippen LogP contribution is 2.31. The third kappa shape index (κ3) is 5.81. The highest BCUT2D eigenvalue weighted by molar-refractivity contribution is 5.70. The minimum atomic E-state index is -0.547. The van der Waals surface area contributed by atoms with Crippen LogP contribution in [-0.4, -0.2) is 24.5 Å². The van der Waals surface area contributed by atoms with Crippen LogP contribution in [0.2, 0.25) is 0 Å². The summed E-state index contributed by atoms with van der Waals surface area (Å²) in [4.78, 5) is 22.6. The van der Waals surface area contributed by atoms with Gasteiger partial charge in [-0.1, -0.05) is 54.6 Å². The minimum Gasteiger partial charge on any atom is -0.469 e. The zero-order valence-corrected chi connectivity index (χ0v) is 14.4. The maximum Gasteiger partial charge on any atom is 0.306 e. The van der Waals surface area contributed by atoms with Crippen molar-refractivity contribution in [1.82, 2.24) is 0 Å². The number of esters is 1. The van der Waals surface area contributed by atoms with Crippen LogP contribution in [0, 0.1) is 21.8 Å². The third-order valence-corrected chi connectivity index (χ3v) is 4.12. The van der Waals surface area contributed by atoms with Gasteiger partial charge in [-0.05, 0) is 23.3 Å². The van der Waals surface area contributed by atoms with Crippen molar-refractivity contribution < 1.29 is 18.8 Å². The number of hydrogen-bond donors (Lipinski definition) is 0. The molecular formula is C20H20FNO4. The molecule has 5 nitrogen and oxygen atoms in total. The van der Waals surface area contributed by atoms with E-state index in [4.69, 9.17) is 4.74 Å². The molecular weight excluding hydrogens is 337 g/mol. The van der Waals surface area contributed by atoms with Crippen LogP contribution in [0.3, 0.4) is 0 Å². The maximum atomic E-state index is 13.2. The summed E-state index contributed by atoms with van der Waals surface area (Å²) >= 11 is 0. The first-order chi connectivity index (χ1) is 12.5. The fourth-order valence-electron chi connectivity index (χ4n) is 2.78. The van der Waals surface area contributed by atoms with Crippen LogP contribution in [0.25, 0.3) is 6.08 Å². The number of carbonyl (C=O) groups is 1. The van der Waals surface area contributed by atoms with E-state index < -0.39 is 28.5 Å². The normalized spacial score (nSPS) is 13.3. The van der Waals surface area contributed by atoms with Crippen LogP contribution in [0.4, 0.5) is 4.39 Å². The standard InChI is InChI=1S/C20H20FNO4/c1-26-20(23)13-19(16-9-11-18(21)12-10-16)17(14-22(24)25)8-7-15-5-3-2-4-6-15/h2-12,17,19H,13-14H2,1H3/b8-7+/t17-,19-/m1/s1. The van der Waals surface area contributed by atoms with Gasteiger partial charge in [-0.15, -0.1) is 0 Å². The van der Waals surface area contributed by atoms with Crippen molar-refractivity contribution in [1.29, 1.82) is 0 Å². The molecule has 0 aliphatic carbocycles. The zero-order chi connectivity index (χ0) is 18.9. The second-order valence-electron chi connectivity index (χ2n) is 5.89. The molecule has 0 amide bonds. The topological polar surface area (TPSA) is 69.4 Å². The van der Waals surface area contributed by atoms with Gasteiger partial charge >= 0.3 is 5.97 Å². The van der Waals surface area contributed by atoms with Crippen LogP contribution in [0.1, 0.15) is 23.5 Å². The monoisotopic (exact) mass is 357 g/mol. The van der Waals surface area contributed by atoms with Crippen molar-refractivity contribution in [3.05, 3.63) is 87.7 Å². The molecule has 0 saturated heterocycles. The number of methoxy groups -OCH3 is 1. The van der Waals surface area contributed by atoms with Gasteiger partial charge < -0.3 is 4.74 Å². The second-order valence-corrected chi connectivity index (χ2v) is 5.89. The number of nitrogens with zero attached hydrogens (tertiary/aromatic N) is 1. The summed E-state index contributed by atoms with van der Waals surface area (Å²) in [6.45, 7) is -0.345. The van der Waals surface area contributed by atoms with Crippen molar-refractivity contribution in [2.45, 2.75) is 12.3 Å². The first-order valence-electron chi connectivity index (χ1n) is 8.17. The Morgan fingerprint density at radius 3 is 2.42 bits per heavy atom. The summed E-state index contributed by atoms with van der Waals surface area (Å²) in [5.41, 5.74) is 1.55. The van der Waals surface area contributed by atoms with Gasteiger partial charge in [0.25, 0.3) is 0 Å². The lowest BCUT2D eigenvalue weighted by atomic mass is 9.83. The molecule has 0 spiro atoms. The lowest BCUT2D eigenvalue weighted by Gasteiger charge is -2.21. The molecule has 0 radical (unpaired) electrons. The summed E-state index contributed by atoms with van der Waals surface area (Å²) in [5.74, 6) is -1.92. The SMILES string of the molecule is COC(=O)C[C@H](c1ccc(F)cc1)[C@H](/C=C/c1ccccc1)C[N+](=O)[O-]. The number of rotatable bonds is 8. The lowest BCUT2D eigenvalue weighted by Crippen LogP contribution is -2.23. The number of nitro groups is 1. The van der Waals surface area contributed by atoms with Crippen molar-refractivity contribution in [2.75, 3.05) is 13.7 Å². The van der Waals surface area contributed by atoms with Gasteiger partial charge in [0.2, 0.25) is 6.54 Å². The quantitative estimate of drug-likeness (QED) is 0.405. The van der Waals surface area contributed by atoms with Crippen molar-refractivity contribution in [3.8, 4) is 0 Å². The third-order valence-electron chi connectivity index (χ3n) is 4.12. The van der Waals surface area contributed by atoms with Gasteiger partial charge in [-0.3, -0.25) is 14.9 Å². The second kappa shape index (κ2) is 9.46. The number of ether oxygens (including phenoxy) is 1. The van der Waals surface area contributed by atoms with Crippen LogP contribution >= 0.6 is 0 Å². The molecule has 0 fully saturated rings. The molecule has 2 atom stereocenters. The van der Waals surface area contributed by atoms with E-state index in [1.165, 1.54) is 19.2 Å². The summed E-state index contributed by atoms with van der Waals surface area (Å²) in [6, 6.07) is 15.0. The Kier molecular flexibility index (Phi) is 7.02. The zero-order valence-electron chi connectivity index (χ0n) is 14.4. The van der Waals surface area contributed by atoms with E-state index in [0.29, 0.717) is 5.56 Å². The maximum absolute atomic E-state index is 13.2. The molecule has 136 valence electrons. The van der Waals surface area contributed by atoms with Crippen LogP contribution in [0.5, 0.6) is 0 Å². The van der Waals surface area contributed by atoms with E-state index in [2.05, 4.69) is 0 Å². The summed E-state index contributed by atoms with van der Waals surface area (Å²) < 4.78 is 18.0. The Balaban J connectivity index is 2.36. The molecule has 0 unspecified atom stereocenters. The first-order valence-corrected chi connectivity index (χ1v) is 8.17. The Morgan fingerprint density at radius 1 is 1.19 bits per heavy atom. The smallest absolute Gasteiger partial charge is 0.306 e. The van der Waals surface area contributed by atoms with Gasteiger partial charge in [0.05, 0.1) is 13.5 Å².